The van der Waals surface area contributed by atoms with Crippen molar-refractivity contribution in [3.63, 3.8) is 0 Å². The Labute approximate surface area is 302 Å². The SMILES string of the molecule is C=C(C)C(=O)Oc1ccc(C2(c3ccc(OC(=O)C(=C)C)c(-c4ccccc4)c3)C(=O)N(c3ccccc3)c3ccccc32)cc1-c1ccccc1. The number of rotatable bonds is 9. The maximum Gasteiger partial charge on any atom is 0.338 e. The van der Waals surface area contributed by atoms with Crippen molar-refractivity contribution in [3.8, 4) is 33.8 Å². The molecule has 0 atom stereocenters. The van der Waals surface area contributed by atoms with Gasteiger partial charge in [-0.3, -0.25) is 9.69 Å². The van der Waals surface area contributed by atoms with E-state index in [1.807, 2.05) is 140 Å². The summed E-state index contributed by atoms with van der Waals surface area (Å²) < 4.78 is 11.7. The predicted octanol–water partition coefficient (Wildman–Crippen LogP) is 10.00. The average molecular weight is 682 g/mol. The van der Waals surface area contributed by atoms with Gasteiger partial charge < -0.3 is 9.47 Å². The zero-order valence-electron chi connectivity index (χ0n) is 28.8. The first-order valence-electron chi connectivity index (χ1n) is 16.8. The van der Waals surface area contributed by atoms with Crippen LogP contribution in [0.5, 0.6) is 11.5 Å². The normalized spacial score (nSPS) is 12.9. The van der Waals surface area contributed by atoms with E-state index in [1.165, 1.54) is 0 Å². The molecule has 1 amide bonds. The lowest BCUT2D eigenvalue weighted by atomic mass is 9.69. The highest BCUT2D eigenvalue weighted by molar-refractivity contribution is 6.17. The minimum absolute atomic E-state index is 0.198. The molecule has 0 N–H and O–H groups in total. The second-order valence-electron chi connectivity index (χ2n) is 12.7. The highest BCUT2D eigenvalue weighted by atomic mass is 16.5. The lowest BCUT2D eigenvalue weighted by molar-refractivity contribution is -0.130. The fourth-order valence-corrected chi connectivity index (χ4v) is 6.70. The number of fused-ring (bicyclic) bond motifs is 1. The maximum absolute atomic E-state index is 15.6. The zero-order chi connectivity index (χ0) is 36.4. The molecule has 0 saturated carbocycles. The minimum atomic E-state index is -1.40. The number of nitrogens with zero attached hydrogens (tertiary/aromatic N) is 1. The summed E-state index contributed by atoms with van der Waals surface area (Å²) in [5.74, 6) is -0.627. The lowest BCUT2D eigenvalue weighted by Crippen LogP contribution is -2.40. The van der Waals surface area contributed by atoms with Crippen LogP contribution in [0.25, 0.3) is 22.3 Å². The summed E-state index contributed by atoms with van der Waals surface area (Å²) >= 11 is 0. The molecule has 6 heteroatoms. The largest absolute Gasteiger partial charge is 0.423 e. The number of amides is 1. The number of para-hydroxylation sites is 2. The monoisotopic (exact) mass is 681 g/mol. The van der Waals surface area contributed by atoms with Crippen molar-refractivity contribution in [2.45, 2.75) is 19.3 Å². The molecular formula is C46H35NO5. The first kappa shape index (κ1) is 33.7. The van der Waals surface area contributed by atoms with E-state index < -0.39 is 17.4 Å². The van der Waals surface area contributed by atoms with Crippen LogP contribution in [0.2, 0.25) is 0 Å². The van der Waals surface area contributed by atoms with Crippen molar-refractivity contribution in [3.05, 3.63) is 193 Å². The summed E-state index contributed by atoms with van der Waals surface area (Å²) in [4.78, 5) is 43.0. The molecule has 52 heavy (non-hydrogen) atoms. The molecule has 1 aliphatic rings. The maximum atomic E-state index is 15.6. The summed E-state index contributed by atoms with van der Waals surface area (Å²) in [7, 11) is 0. The van der Waals surface area contributed by atoms with Gasteiger partial charge in [0.2, 0.25) is 0 Å². The lowest BCUT2D eigenvalue weighted by Gasteiger charge is -2.32. The molecule has 6 nitrogen and oxygen atoms in total. The van der Waals surface area contributed by atoms with Gasteiger partial charge in [-0.2, -0.15) is 0 Å². The van der Waals surface area contributed by atoms with Crippen molar-refractivity contribution >= 4 is 29.2 Å². The molecule has 0 saturated heterocycles. The fraction of sp³-hybridized carbons (Fsp3) is 0.0652. The van der Waals surface area contributed by atoms with E-state index in [1.54, 1.807) is 30.9 Å². The molecule has 254 valence electrons. The summed E-state index contributed by atoms with van der Waals surface area (Å²) in [5, 5.41) is 0. The average Bonchev–Trinajstić information content (AvgIpc) is 3.44. The number of anilines is 2. The summed E-state index contributed by atoms with van der Waals surface area (Å²) in [6, 6.07) is 47.5. The van der Waals surface area contributed by atoms with Crippen molar-refractivity contribution < 1.29 is 23.9 Å². The van der Waals surface area contributed by atoms with Crippen LogP contribution in [0, 0.1) is 0 Å². The Balaban J connectivity index is 1.55. The number of hydrogen-bond donors (Lipinski definition) is 0. The highest BCUT2D eigenvalue weighted by Gasteiger charge is 2.54. The van der Waals surface area contributed by atoms with E-state index >= 15 is 4.79 Å². The second kappa shape index (κ2) is 13.8. The van der Waals surface area contributed by atoms with Crippen LogP contribution < -0.4 is 14.4 Å². The summed E-state index contributed by atoms with van der Waals surface area (Å²) in [6.45, 7) is 10.7. The molecule has 0 unspecified atom stereocenters. The smallest absolute Gasteiger partial charge is 0.338 e. The van der Waals surface area contributed by atoms with Gasteiger partial charge in [-0.1, -0.05) is 122 Å². The van der Waals surface area contributed by atoms with Gasteiger partial charge in [-0.05, 0) is 78.6 Å². The number of carbonyl (C=O) groups is 3. The van der Waals surface area contributed by atoms with Gasteiger partial charge >= 0.3 is 11.9 Å². The third kappa shape index (κ3) is 5.90. The van der Waals surface area contributed by atoms with Crippen LogP contribution in [0.1, 0.15) is 30.5 Å². The van der Waals surface area contributed by atoms with E-state index in [-0.39, 0.29) is 17.1 Å². The third-order valence-corrected chi connectivity index (χ3v) is 9.18. The third-order valence-electron chi connectivity index (χ3n) is 9.18. The van der Waals surface area contributed by atoms with Crippen LogP contribution in [-0.4, -0.2) is 17.8 Å². The Morgan fingerprint density at radius 2 is 0.981 bits per heavy atom. The molecule has 0 aromatic heterocycles. The van der Waals surface area contributed by atoms with Crippen molar-refractivity contribution in [2.24, 2.45) is 0 Å². The van der Waals surface area contributed by atoms with Crippen molar-refractivity contribution in [1.29, 1.82) is 0 Å². The number of ether oxygens (including phenoxy) is 2. The Hall–Kier alpha value is -6.79. The van der Waals surface area contributed by atoms with Crippen molar-refractivity contribution in [1.82, 2.24) is 0 Å². The zero-order valence-corrected chi connectivity index (χ0v) is 28.8. The molecule has 0 fully saturated rings. The van der Waals surface area contributed by atoms with Crippen LogP contribution in [0.4, 0.5) is 11.4 Å². The molecule has 7 rings (SSSR count). The molecule has 0 spiro atoms. The first-order chi connectivity index (χ1) is 25.2. The molecule has 0 aliphatic carbocycles. The molecule has 1 aliphatic heterocycles. The van der Waals surface area contributed by atoms with Gasteiger partial charge in [0, 0.05) is 33.5 Å². The van der Waals surface area contributed by atoms with E-state index in [2.05, 4.69) is 13.2 Å². The quantitative estimate of drug-likeness (QED) is 0.0863. The van der Waals surface area contributed by atoms with Gasteiger partial charge in [-0.15, -0.1) is 0 Å². The highest BCUT2D eigenvalue weighted by Crippen LogP contribution is 2.54. The second-order valence-corrected chi connectivity index (χ2v) is 12.7. The van der Waals surface area contributed by atoms with E-state index in [9.17, 15) is 9.59 Å². The van der Waals surface area contributed by atoms with Gasteiger partial charge in [0.25, 0.3) is 5.91 Å². The van der Waals surface area contributed by atoms with Gasteiger partial charge in [0.1, 0.15) is 16.9 Å². The van der Waals surface area contributed by atoms with Gasteiger partial charge in [0.05, 0.1) is 5.69 Å². The topological polar surface area (TPSA) is 72.9 Å². The first-order valence-corrected chi connectivity index (χ1v) is 16.8. The van der Waals surface area contributed by atoms with E-state index in [0.29, 0.717) is 39.4 Å². The van der Waals surface area contributed by atoms with Gasteiger partial charge in [-0.25, -0.2) is 9.59 Å². The fourth-order valence-electron chi connectivity index (χ4n) is 6.70. The standard InChI is InChI=1S/C46H35NO5/c1-30(2)43(48)51-41-26-24-34(28-37(41)32-16-8-5-9-17-32)46(39-22-14-15-23-40(39)47(45(46)50)36-20-12-7-13-21-36)35-25-27-42(52-44(49)31(3)4)38(29-35)33-18-10-6-11-19-33/h5-29H,1,3H2,2,4H3. The van der Waals surface area contributed by atoms with E-state index in [0.717, 1.165) is 22.4 Å². The van der Waals surface area contributed by atoms with Crippen LogP contribution in [0.3, 0.4) is 0 Å². The summed E-state index contributed by atoms with van der Waals surface area (Å²) in [6.07, 6.45) is 0. The van der Waals surface area contributed by atoms with E-state index in [4.69, 9.17) is 9.47 Å². The number of hydrogen-bond acceptors (Lipinski definition) is 5. The number of benzene rings is 6. The van der Waals surface area contributed by atoms with Crippen LogP contribution in [0.15, 0.2) is 176 Å². The Bertz CT molecular complexity index is 2250. The number of carbonyl (C=O) groups excluding carboxylic acids is 3. The Morgan fingerprint density at radius 3 is 1.44 bits per heavy atom. The molecule has 6 aromatic carbocycles. The predicted molar refractivity (Wildman–Crippen MR) is 205 cm³/mol. The Morgan fingerprint density at radius 1 is 0.558 bits per heavy atom. The molecule has 6 aromatic rings. The van der Waals surface area contributed by atoms with Crippen LogP contribution in [-0.2, 0) is 19.8 Å². The summed E-state index contributed by atoms with van der Waals surface area (Å²) in [5.41, 5.74) is 5.52. The minimum Gasteiger partial charge on any atom is -0.423 e. The Kier molecular flexibility index (Phi) is 8.97. The molecule has 0 bridgehead atoms. The van der Waals surface area contributed by atoms with Crippen LogP contribution >= 0.6 is 0 Å². The number of esters is 2. The van der Waals surface area contributed by atoms with Crippen molar-refractivity contribution in [2.75, 3.05) is 4.90 Å². The molecule has 1 heterocycles. The molecular weight excluding hydrogens is 647 g/mol. The molecule has 0 radical (unpaired) electrons. The van der Waals surface area contributed by atoms with Gasteiger partial charge in [0.15, 0.2) is 0 Å².